The number of imidazole rings is 1. The predicted molar refractivity (Wildman–Crippen MR) is 88.0 cm³/mol. The van der Waals surface area contributed by atoms with Gasteiger partial charge in [-0.1, -0.05) is 0 Å². The van der Waals surface area contributed by atoms with Crippen molar-refractivity contribution in [1.82, 2.24) is 24.6 Å². The Labute approximate surface area is 145 Å². The SMILES string of the molecule is CC(C)(C)n1cc(CNC[C@H]2CCc3nc(C(F)(F)F)cn3C2)cn1. The average Bonchev–Trinajstić information content (AvgIpc) is 3.12. The molecule has 0 aliphatic carbocycles. The molecule has 1 N–H and O–H groups in total. The van der Waals surface area contributed by atoms with Crippen molar-refractivity contribution in [2.75, 3.05) is 6.54 Å². The first-order chi connectivity index (χ1) is 11.6. The maximum absolute atomic E-state index is 12.8. The van der Waals surface area contributed by atoms with Gasteiger partial charge >= 0.3 is 6.18 Å². The van der Waals surface area contributed by atoms with Crippen molar-refractivity contribution >= 4 is 0 Å². The number of nitrogens with zero attached hydrogens (tertiary/aromatic N) is 4. The van der Waals surface area contributed by atoms with Crippen LogP contribution in [0.5, 0.6) is 0 Å². The number of fused-ring (bicyclic) bond motifs is 1. The Kier molecular flexibility index (Phi) is 4.66. The number of aromatic nitrogens is 4. The summed E-state index contributed by atoms with van der Waals surface area (Å²) in [5.74, 6) is 0.843. The van der Waals surface area contributed by atoms with Crippen LogP contribution >= 0.6 is 0 Å². The van der Waals surface area contributed by atoms with Crippen LogP contribution in [0.2, 0.25) is 0 Å². The Bertz CT molecular complexity index is 723. The van der Waals surface area contributed by atoms with Crippen LogP contribution in [0, 0.1) is 5.92 Å². The molecule has 5 nitrogen and oxygen atoms in total. The number of hydrogen-bond acceptors (Lipinski definition) is 3. The highest BCUT2D eigenvalue weighted by atomic mass is 19.4. The predicted octanol–water partition coefficient (Wildman–Crippen LogP) is 3.21. The number of hydrogen-bond donors (Lipinski definition) is 1. The number of aryl methyl sites for hydroxylation is 1. The van der Waals surface area contributed by atoms with E-state index in [0.717, 1.165) is 24.7 Å². The number of alkyl halides is 3. The molecule has 0 unspecified atom stereocenters. The van der Waals surface area contributed by atoms with E-state index in [1.807, 2.05) is 17.1 Å². The maximum Gasteiger partial charge on any atom is 0.434 e. The Morgan fingerprint density at radius 3 is 2.64 bits per heavy atom. The molecule has 2 aromatic rings. The summed E-state index contributed by atoms with van der Waals surface area (Å²) < 4.78 is 41.8. The van der Waals surface area contributed by atoms with Crippen LogP contribution in [0.4, 0.5) is 13.2 Å². The van der Waals surface area contributed by atoms with Gasteiger partial charge in [0, 0.05) is 37.5 Å². The minimum absolute atomic E-state index is 0.0460. The standard InChI is InChI=1S/C17H24F3N5/c1-16(2,3)25-10-13(8-22-25)7-21-6-12-4-5-15-23-14(17(18,19)20)11-24(15)9-12/h8,10-12,21H,4-7,9H2,1-3H3/t12-/m1/s1. The van der Waals surface area contributed by atoms with Gasteiger partial charge in [-0.25, -0.2) is 4.98 Å². The first-order valence-electron chi connectivity index (χ1n) is 8.51. The number of nitrogens with one attached hydrogen (secondary N) is 1. The van der Waals surface area contributed by atoms with Crippen molar-refractivity contribution in [3.05, 3.63) is 35.7 Å². The molecule has 0 bridgehead atoms. The van der Waals surface area contributed by atoms with Gasteiger partial charge in [-0.15, -0.1) is 0 Å². The van der Waals surface area contributed by atoms with E-state index in [0.29, 0.717) is 31.3 Å². The van der Waals surface area contributed by atoms with E-state index in [9.17, 15) is 13.2 Å². The molecular formula is C17H24F3N5. The lowest BCUT2D eigenvalue weighted by atomic mass is 9.99. The van der Waals surface area contributed by atoms with Crippen molar-refractivity contribution in [1.29, 1.82) is 0 Å². The van der Waals surface area contributed by atoms with Gasteiger partial charge in [0.05, 0.1) is 11.7 Å². The molecule has 0 saturated carbocycles. The molecule has 138 valence electrons. The van der Waals surface area contributed by atoms with Crippen LogP contribution in [0.3, 0.4) is 0 Å². The minimum atomic E-state index is -4.37. The summed E-state index contributed by atoms with van der Waals surface area (Å²) in [6.45, 7) is 8.33. The highest BCUT2D eigenvalue weighted by Gasteiger charge is 2.35. The summed E-state index contributed by atoms with van der Waals surface area (Å²) in [4.78, 5) is 3.72. The fraction of sp³-hybridized carbons (Fsp3) is 0.647. The summed E-state index contributed by atoms with van der Waals surface area (Å²) in [6.07, 6.45) is 2.08. The van der Waals surface area contributed by atoms with Crippen molar-refractivity contribution < 1.29 is 13.2 Å². The van der Waals surface area contributed by atoms with Crippen molar-refractivity contribution in [2.45, 2.75) is 58.4 Å². The van der Waals surface area contributed by atoms with Crippen molar-refractivity contribution in [3.63, 3.8) is 0 Å². The number of halogens is 3. The number of rotatable bonds is 4. The Morgan fingerprint density at radius 1 is 1.24 bits per heavy atom. The monoisotopic (exact) mass is 355 g/mol. The maximum atomic E-state index is 12.8. The van der Waals surface area contributed by atoms with Gasteiger partial charge < -0.3 is 9.88 Å². The summed E-state index contributed by atoms with van der Waals surface area (Å²) in [7, 11) is 0. The summed E-state index contributed by atoms with van der Waals surface area (Å²) >= 11 is 0. The quantitative estimate of drug-likeness (QED) is 0.916. The zero-order valence-corrected chi connectivity index (χ0v) is 14.8. The van der Waals surface area contributed by atoms with Gasteiger partial charge in [0.1, 0.15) is 5.82 Å². The average molecular weight is 355 g/mol. The van der Waals surface area contributed by atoms with Crippen LogP contribution in [-0.4, -0.2) is 25.9 Å². The highest BCUT2D eigenvalue weighted by Crippen LogP contribution is 2.30. The first-order valence-corrected chi connectivity index (χ1v) is 8.51. The third kappa shape index (κ3) is 4.23. The summed E-state index contributed by atoms with van der Waals surface area (Å²) in [5, 5.41) is 7.76. The lowest BCUT2D eigenvalue weighted by Gasteiger charge is -2.23. The second-order valence-corrected chi connectivity index (χ2v) is 7.69. The molecule has 2 aromatic heterocycles. The molecule has 0 saturated heterocycles. The molecule has 1 aliphatic rings. The van der Waals surface area contributed by atoms with E-state index >= 15 is 0 Å². The van der Waals surface area contributed by atoms with E-state index in [1.54, 1.807) is 4.57 Å². The van der Waals surface area contributed by atoms with Crippen LogP contribution in [0.1, 0.15) is 44.3 Å². The second-order valence-electron chi connectivity index (χ2n) is 7.69. The van der Waals surface area contributed by atoms with Crippen LogP contribution in [-0.2, 0) is 31.2 Å². The first kappa shape index (κ1) is 18.0. The fourth-order valence-electron chi connectivity index (χ4n) is 3.06. The third-order valence-corrected chi connectivity index (χ3v) is 4.47. The van der Waals surface area contributed by atoms with Gasteiger partial charge in [0.2, 0.25) is 0 Å². The van der Waals surface area contributed by atoms with E-state index in [2.05, 4.69) is 36.2 Å². The van der Waals surface area contributed by atoms with Crippen LogP contribution in [0.15, 0.2) is 18.6 Å². The molecule has 3 rings (SSSR count). The Hall–Kier alpha value is -1.83. The van der Waals surface area contributed by atoms with E-state index in [-0.39, 0.29) is 5.54 Å². The van der Waals surface area contributed by atoms with E-state index in [4.69, 9.17) is 0 Å². The van der Waals surface area contributed by atoms with Gasteiger partial charge in [0.15, 0.2) is 5.69 Å². The lowest BCUT2D eigenvalue weighted by Crippen LogP contribution is -2.29. The molecule has 8 heteroatoms. The van der Waals surface area contributed by atoms with E-state index in [1.165, 1.54) is 0 Å². The Balaban J connectivity index is 1.52. The van der Waals surface area contributed by atoms with Crippen LogP contribution in [0.25, 0.3) is 0 Å². The molecule has 0 amide bonds. The molecule has 0 aromatic carbocycles. The van der Waals surface area contributed by atoms with Gasteiger partial charge in [-0.2, -0.15) is 18.3 Å². The lowest BCUT2D eigenvalue weighted by molar-refractivity contribution is -0.141. The molecule has 0 spiro atoms. The van der Waals surface area contributed by atoms with Crippen LogP contribution < -0.4 is 5.32 Å². The summed E-state index contributed by atoms with van der Waals surface area (Å²) in [5.41, 5.74) is 0.273. The molecular weight excluding hydrogens is 331 g/mol. The largest absolute Gasteiger partial charge is 0.434 e. The molecule has 3 heterocycles. The Morgan fingerprint density at radius 2 is 2.00 bits per heavy atom. The molecule has 1 atom stereocenters. The zero-order chi connectivity index (χ0) is 18.2. The molecule has 25 heavy (non-hydrogen) atoms. The van der Waals surface area contributed by atoms with E-state index < -0.39 is 11.9 Å². The van der Waals surface area contributed by atoms with Crippen molar-refractivity contribution in [2.24, 2.45) is 5.92 Å². The topological polar surface area (TPSA) is 47.7 Å². The minimum Gasteiger partial charge on any atom is -0.334 e. The van der Waals surface area contributed by atoms with Gasteiger partial charge in [-0.3, -0.25) is 4.68 Å². The van der Waals surface area contributed by atoms with Gasteiger partial charge in [-0.05, 0) is 39.7 Å². The fourth-order valence-corrected chi connectivity index (χ4v) is 3.06. The van der Waals surface area contributed by atoms with Crippen molar-refractivity contribution in [3.8, 4) is 0 Å². The molecule has 0 radical (unpaired) electrons. The third-order valence-electron chi connectivity index (χ3n) is 4.47. The van der Waals surface area contributed by atoms with Gasteiger partial charge in [0.25, 0.3) is 0 Å². The highest BCUT2D eigenvalue weighted by molar-refractivity contribution is 5.10. The smallest absolute Gasteiger partial charge is 0.334 e. The molecule has 1 aliphatic heterocycles. The normalized spacial score (nSPS) is 18.4. The molecule has 0 fully saturated rings. The summed E-state index contributed by atoms with van der Waals surface area (Å²) in [6, 6.07) is 0. The second kappa shape index (κ2) is 6.48. The zero-order valence-electron chi connectivity index (χ0n) is 14.8.